The van der Waals surface area contributed by atoms with Crippen molar-refractivity contribution in [1.29, 1.82) is 0 Å². The smallest absolute Gasteiger partial charge is 0.272 e. The Hall–Kier alpha value is -1.75. The Bertz CT molecular complexity index is 418. The Morgan fingerprint density at radius 2 is 2.25 bits per heavy atom. The van der Waals surface area contributed by atoms with Crippen LogP contribution in [0.2, 0.25) is 0 Å². The van der Waals surface area contributed by atoms with Crippen LogP contribution in [0.3, 0.4) is 0 Å². The van der Waals surface area contributed by atoms with Gasteiger partial charge in [0.05, 0.1) is 11.0 Å². The van der Waals surface area contributed by atoms with Crippen molar-refractivity contribution >= 4 is 5.69 Å². The Morgan fingerprint density at radius 3 is 2.81 bits per heavy atom. The van der Waals surface area contributed by atoms with Crippen LogP contribution < -0.4 is 5.32 Å². The molecule has 0 fully saturated rings. The van der Waals surface area contributed by atoms with Crippen molar-refractivity contribution in [2.24, 2.45) is 0 Å². The normalized spacial score (nSPS) is 10.1. The zero-order chi connectivity index (χ0) is 12.1. The summed E-state index contributed by atoms with van der Waals surface area (Å²) in [5.74, 6) is -0.596. The molecular weight excluding hydrogens is 211 g/mol. The van der Waals surface area contributed by atoms with Crippen LogP contribution in [-0.4, -0.2) is 11.5 Å². The lowest BCUT2D eigenvalue weighted by molar-refractivity contribution is -0.385. The number of benzene rings is 1. The Kier molecular flexibility index (Phi) is 4.13. The van der Waals surface area contributed by atoms with Crippen LogP contribution in [0.25, 0.3) is 0 Å². The third-order valence-corrected chi connectivity index (χ3v) is 1.91. The number of hydrogen-bond acceptors (Lipinski definition) is 3. The molecular formula is C11H13FN2O2. The summed E-state index contributed by atoms with van der Waals surface area (Å²) in [5, 5.41) is 13.5. The fourth-order valence-corrected chi connectivity index (χ4v) is 1.26. The van der Waals surface area contributed by atoms with Crippen LogP contribution in [0.4, 0.5) is 10.1 Å². The summed E-state index contributed by atoms with van der Waals surface area (Å²) in [7, 11) is 0. The number of nitrogens with one attached hydrogen (secondary N) is 1. The van der Waals surface area contributed by atoms with E-state index in [1.165, 1.54) is 12.1 Å². The van der Waals surface area contributed by atoms with E-state index in [-0.39, 0.29) is 5.69 Å². The Labute approximate surface area is 92.9 Å². The maximum Gasteiger partial charge on any atom is 0.272 e. The van der Waals surface area contributed by atoms with Crippen LogP contribution in [0.15, 0.2) is 30.4 Å². The molecule has 0 atom stereocenters. The van der Waals surface area contributed by atoms with Crippen molar-refractivity contribution in [1.82, 2.24) is 5.32 Å². The van der Waals surface area contributed by atoms with Gasteiger partial charge < -0.3 is 5.32 Å². The number of halogens is 1. The molecule has 0 saturated carbocycles. The van der Waals surface area contributed by atoms with E-state index >= 15 is 0 Å². The van der Waals surface area contributed by atoms with Gasteiger partial charge in [-0.05, 0) is 18.6 Å². The van der Waals surface area contributed by atoms with E-state index in [0.717, 1.165) is 11.6 Å². The molecule has 0 unspecified atom stereocenters. The SMILES string of the molecule is C=C(C)CNCc1cc(F)cc([N+](=O)[O-])c1. The fraction of sp³-hybridized carbons (Fsp3) is 0.273. The van der Waals surface area contributed by atoms with E-state index in [1.807, 2.05) is 6.92 Å². The van der Waals surface area contributed by atoms with Gasteiger partial charge in [0, 0.05) is 19.2 Å². The molecule has 86 valence electrons. The van der Waals surface area contributed by atoms with Gasteiger partial charge >= 0.3 is 0 Å². The number of nitro groups is 1. The third kappa shape index (κ3) is 3.78. The Balaban J connectivity index is 2.72. The molecule has 1 rings (SSSR count). The van der Waals surface area contributed by atoms with E-state index in [9.17, 15) is 14.5 Å². The lowest BCUT2D eigenvalue weighted by Gasteiger charge is -2.04. The first-order valence-electron chi connectivity index (χ1n) is 4.78. The second kappa shape index (κ2) is 5.37. The summed E-state index contributed by atoms with van der Waals surface area (Å²) < 4.78 is 13.0. The Morgan fingerprint density at radius 1 is 1.56 bits per heavy atom. The van der Waals surface area contributed by atoms with Crippen LogP contribution in [-0.2, 0) is 6.54 Å². The minimum atomic E-state index is -0.606. The van der Waals surface area contributed by atoms with Crippen LogP contribution in [0, 0.1) is 15.9 Å². The highest BCUT2D eigenvalue weighted by Crippen LogP contribution is 2.16. The van der Waals surface area contributed by atoms with Gasteiger partial charge in [0.15, 0.2) is 0 Å². The molecule has 0 saturated heterocycles. The topological polar surface area (TPSA) is 55.2 Å². The van der Waals surface area contributed by atoms with E-state index in [2.05, 4.69) is 11.9 Å². The molecule has 1 aromatic carbocycles. The molecule has 0 heterocycles. The fourth-order valence-electron chi connectivity index (χ4n) is 1.26. The third-order valence-electron chi connectivity index (χ3n) is 1.91. The molecule has 0 aromatic heterocycles. The van der Waals surface area contributed by atoms with Crippen LogP contribution >= 0.6 is 0 Å². The largest absolute Gasteiger partial charge is 0.309 e. The summed E-state index contributed by atoms with van der Waals surface area (Å²) in [6.45, 7) is 6.55. The predicted octanol–water partition coefficient (Wildman–Crippen LogP) is 2.40. The van der Waals surface area contributed by atoms with E-state index in [0.29, 0.717) is 18.7 Å². The molecule has 0 radical (unpaired) electrons. The summed E-state index contributed by atoms with van der Waals surface area (Å²) in [6.07, 6.45) is 0. The summed E-state index contributed by atoms with van der Waals surface area (Å²) in [6, 6.07) is 3.54. The maximum atomic E-state index is 13.0. The van der Waals surface area contributed by atoms with Crippen molar-refractivity contribution in [3.05, 3.63) is 51.8 Å². The summed E-state index contributed by atoms with van der Waals surface area (Å²) >= 11 is 0. The lowest BCUT2D eigenvalue weighted by atomic mass is 10.2. The van der Waals surface area contributed by atoms with Gasteiger partial charge in [0.1, 0.15) is 5.82 Å². The molecule has 0 bridgehead atoms. The number of hydrogen-bond donors (Lipinski definition) is 1. The minimum absolute atomic E-state index is 0.230. The first-order chi connectivity index (χ1) is 7.49. The first kappa shape index (κ1) is 12.3. The number of nitrogens with zero attached hydrogens (tertiary/aromatic N) is 1. The van der Waals surface area contributed by atoms with Crippen molar-refractivity contribution in [2.75, 3.05) is 6.54 Å². The van der Waals surface area contributed by atoms with Gasteiger partial charge in [-0.2, -0.15) is 0 Å². The van der Waals surface area contributed by atoms with E-state index in [4.69, 9.17) is 0 Å². The number of rotatable bonds is 5. The lowest BCUT2D eigenvalue weighted by Crippen LogP contribution is -2.15. The zero-order valence-electron chi connectivity index (χ0n) is 9.00. The molecule has 1 N–H and O–H groups in total. The van der Waals surface area contributed by atoms with Gasteiger partial charge in [-0.1, -0.05) is 12.2 Å². The minimum Gasteiger partial charge on any atom is -0.309 e. The predicted molar refractivity (Wildman–Crippen MR) is 59.6 cm³/mol. The second-order valence-corrected chi connectivity index (χ2v) is 3.64. The van der Waals surface area contributed by atoms with Crippen molar-refractivity contribution < 1.29 is 9.31 Å². The molecule has 0 aliphatic carbocycles. The monoisotopic (exact) mass is 224 g/mol. The number of nitro benzene ring substituents is 1. The first-order valence-corrected chi connectivity index (χ1v) is 4.78. The van der Waals surface area contributed by atoms with Gasteiger partial charge in [-0.3, -0.25) is 10.1 Å². The molecule has 0 aliphatic heterocycles. The molecule has 1 aromatic rings. The van der Waals surface area contributed by atoms with Gasteiger partial charge in [0.2, 0.25) is 0 Å². The van der Waals surface area contributed by atoms with Gasteiger partial charge in [-0.15, -0.1) is 0 Å². The molecule has 0 aliphatic rings. The van der Waals surface area contributed by atoms with Crippen LogP contribution in [0.1, 0.15) is 12.5 Å². The average Bonchev–Trinajstić information content (AvgIpc) is 2.16. The molecule has 5 heteroatoms. The highest BCUT2D eigenvalue weighted by Gasteiger charge is 2.09. The van der Waals surface area contributed by atoms with Gasteiger partial charge in [0.25, 0.3) is 5.69 Å². The van der Waals surface area contributed by atoms with Crippen molar-refractivity contribution in [3.8, 4) is 0 Å². The highest BCUT2D eigenvalue weighted by molar-refractivity contribution is 5.35. The summed E-state index contributed by atoms with van der Waals surface area (Å²) in [4.78, 5) is 9.89. The van der Waals surface area contributed by atoms with E-state index < -0.39 is 10.7 Å². The number of non-ortho nitro benzene ring substituents is 1. The standard InChI is InChI=1S/C11H13FN2O2/c1-8(2)6-13-7-9-3-10(12)5-11(4-9)14(15)16/h3-5,13H,1,6-7H2,2H3. The molecule has 16 heavy (non-hydrogen) atoms. The summed E-state index contributed by atoms with van der Waals surface area (Å²) in [5.41, 5.74) is 1.27. The van der Waals surface area contributed by atoms with Crippen LogP contribution in [0.5, 0.6) is 0 Å². The zero-order valence-corrected chi connectivity index (χ0v) is 9.00. The molecule has 0 spiro atoms. The average molecular weight is 224 g/mol. The highest BCUT2D eigenvalue weighted by atomic mass is 19.1. The second-order valence-electron chi connectivity index (χ2n) is 3.64. The van der Waals surface area contributed by atoms with E-state index in [1.54, 1.807) is 0 Å². The molecule has 4 nitrogen and oxygen atoms in total. The van der Waals surface area contributed by atoms with Gasteiger partial charge in [-0.25, -0.2) is 4.39 Å². The van der Waals surface area contributed by atoms with Crippen molar-refractivity contribution in [2.45, 2.75) is 13.5 Å². The molecule has 0 amide bonds. The maximum absolute atomic E-state index is 13.0. The quantitative estimate of drug-likeness (QED) is 0.474. The van der Waals surface area contributed by atoms with Crippen molar-refractivity contribution in [3.63, 3.8) is 0 Å².